The number of amides is 1. The number of para-hydroxylation sites is 1. The van der Waals surface area contributed by atoms with Crippen LogP contribution in [0.15, 0.2) is 30.3 Å². The first-order valence-corrected chi connectivity index (χ1v) is 7.11. The van der Waals surface area contributed by atoms with Crippen LogP contribution in [0.2, 0.25) is 0 Å². The summed E-state index contributed by atoms with van der Waals surface area (Å²) in [6.45, 7) is 1.92. The number of halogens is 2. The normalized spacial score (nSPS) is 22.3. The number of ether oxygens (including phenoxy) is 2. The zero-order valence-corrected chi connectivity index (χ0v) is 12.5. The molecule has 1 aliphatic rings. The first kappa shape index (κ1) is 16.4. The Kier molecular flexibility index (Phi) is 5.49. The fourth-order valence-corrected chi connectivity index (χ4v) is 2.29. The maximum atomic E-state index is 12.3. The lowest BCUT2D eigenvalue weighted by molar-refractivity contribution is -0.137. The molecular formula is C16H19F2NO3. The van der Waals surface area contributed by atoms with Gasteiger partial charge in [0, 0.05) is 18.2 Å². The van der Waals surface area contributed by atoms with Crippen LogP contribution in [0, 0.1) is 0 Å². The molecule has 1 heterocycles. The molecule has 2 rings (SSSR count). The van der Waals surface area contributed by atoms with E-state index < -0.39 is 6.61 Å². The highest BCUT2D eigenvalue weighted by Gasteiger charge is 2.26. The van der Waals surface area contributed by atoms with Crippen LogP contribution >= 0.6 is 0 Å². The Bertz CT molecular complexity index is 548. The Morgan fingerprint density at radius 2 is 2.14 bits per heavy atom. The highest BCUT2D eigenvalue weighted by molar-refractivity contribution is 5.92. The first-order valence-electron chi connectivity index (χ1n) is 7.11. The van der Waals surface area contributed by atoms with Crippen molar-refractivity contribution in [1.29, 1.82) is 0 Å². The van der Waals surface area contributed by atoms with Crippen LogP contribution < -0.4 is 4.74 Å². The molecule has 0 aliphatic carbocycles. The van der Waals surface area contributed by atoms with Gasteiger partial charge in [0.1, 0.15) is 5.75 Å². The van der Waals surface area contributed by atoms with Gasteiger partial charge in [0.25, 0.3) is 0 Å². The van der Waals surface area contributed by atoms with Crippen LogP contribution in [0.3, 0.4) is 0 Å². The smallest absolute Gasteiger partial charge is 0.387 e. The van der Waals surface area contributed by atoms with Gasteiger partial charge in [-0.3, -0.25) is 4.79 Å². The standard InChI is InChI=1S/C16H19F2NO3/c1-11-10-21-12(2)9-19(11)15(20)8-7-13-5-3-4-6-14(13)22-16(17)18/h3-8,11-12,16H,9-10H2,1-2H3/b8-7+. The molecule has 0 spiro atoms. The molecule has 1 amide bonds. The topological polar surface area (TPSA) is 38.8 Å². The molecule has 0 aromatic heterocycles. The average molecular weight is 311 g/mol. The van der Waals surface area contributed by atoms with E-state index in [4.69, 9.17) is 4.74 Å². The number of rotatable bonds is 4. The minimum absolute atomic E-state index is 0.0111. The van der Waals surface area contributed by atoms with Gasteiger partial charge < -0.3 is 14.4 Å². The van der Waals surface area contributed by atoms with Gasteiger partial charge in [0.2, 0.25) is 5.91 Å². The molecule has 1 fully saturated rings. The van der Waals surface area contributed by atoms with E-state index in [-0.39, 0.29) is 23.8 Å². The molecule has 22 heavy (non-hydrogen) atoms. The van der Waals surface area contributed by atoms with E-state index >= 15 is 0 Å². The Labute approximate surface area is 128 Å². The molecule has 1 aliphatic heterocycles. The van der Waals surface area contributed by atoms with Gasteiger partial charge >= 0.3 is 6.61 Å². The summed E-state index contributed by atoms with van der Waals surface area (Å²) in [5.41, 5.74) is 0.435. The molecule has 6 heteroatoms. The van der Waals surface area contributed by atoms with Crippen molar-refractivity contribution in [3.63, 3.8) is 0 Å². The Balaban J connectivity index is 2.09. The average Bonchev–Trinajstić information content (AvgIpc) is 2.48. The van der Waals surface area contributed by atoms with E-state index in [1.807, 2.05) is 13.8 Å². The van der Waals surface area contributed by atoms with Crippen molar-refractivity contribution >= 4 is 12.0 Å². The number of benzene rings is 1. The van der Waals surface area contributed by atoms with Crippen molar-refractivity contribution in [2.24, 2.45) is 0 Å². The summed E-state index contributed by atoms with van der Waals surface area (Å²) in [6.07, 6.45) is 2.86. The lowest BCUT2D eigenvalue weighted by atomic mass is 10.1. The third-order valence-corrected chi connectivity index (χ3v) is 3.43. The summed E-state index contributed by atoms with van der Waals surface area (Å²) in [5, 5.41) is 0. The number of morpholine rings is 1. The molecular weight excluding hydrogens is 292 g/mol. The second-order valence-electron chi connectivity index (χ2n) is 5.23. The SMILES string of the molecule is CC1CN(C(=O)/C=C/c2ccccc2OC(F)F)C(C)CO1. The van der Waals surface area contributed by atoms with Gasteiger partial charge in [0.05, 0.1) is 18.8 Å². The fraction of sp³-hybridized carbons (Fsp3) is 0.438. The molecule has 1 saturated heterocycles. The molecule has 1 aromatic rings. The predicted molar refractivity (Wildman–Crippen MR) is 78.7 cm³/mol. The predicted octanol–water partition coefficient (Wildman–Crippen LogP) is 2.94. The van der Waals surface area contributed by atoms with E-state index in [0.717, 1.165) is 0 Å². The van der Waals surface area contributed by atoms with Crippen LogP contribution in [-0.2, 0) is 9.53 Å². The number of hydrogen-bond acceptors (Lipinski definition) is 3. The van der Waals surface area contributed by atoms with E-state index in [9.17, 15) is 13.6 Å². The molecule has 2 atom stereocenters. The second-order valence-corrected chi connectivity index (χ2v) is 5.23. The summed E-state index contributed by atoms with van der Waals surface area (Å²) in [4.78, 5) is 14.0. The van der Waals surface area contributed by atoms with Crippen molar-refractivity contribution in [2.45, 2.75) is 32.6 Å². The van der Waals surface area contributed by atoms with Crippen LogP contribution in [0.4, 0.5) is 8.78 Å². The van der Waals surface area contributed by atoms with E-state index in [1.165, 1.54) is 18.2 Å². The minimum Gasteiger partial charge on any atom is -0.434 e. The molecule has 0 N–H and O–H groups in total. The maximum absolute atomic E-state index is 12.3. The van der Waals surface area contributed by atoms with Gasteiger partial charge in [0.15, 0.2) is 0 Å². The van der Waals surface area contributed by atoms with Gasteiger partial charge in [-0.25, -0.2) is 0 Å². The molecule has 2 unspecified atom stereocenters. The number of carbonyl (C=O) groups is 1. The monoisotopic (exact) mass is 311 g/mol. The summed E-state index contributed by atoms with van der Waals surface area (Å²) in [5.74, 6) is -0.126. The van der Waals surface area contributed by atoms with Crippen LogP contribution in [0.25, 0.3) is 6.08 Å². The summed E-state index contributed by atoms with van der Waals surface area (Å²) in [7, 11) is 0. The third-order valence-electron chi connectivity index (χ3n) is 3.43. The van der Waals surface area contributed by atoms with Crippen LogP contribution in [0.5, 0.6) is 5.75 Å². The maximum Gasteiger partial charge on any atom is 0.387 e. The Morgan fingerprint density at radius 3 is 2.86 bits per heavy atom. The van der Waals surface area contributed by atoms with E-state index in [0.29, 0.717) is 18.7 Å². The number of carbonyl (C=O) groups excluding carboxylic acids is 1. The Hall–Kier alpha value is -1.95. The summed E-state index contributed by atoms with van der Waals surface area (Å²) in [6, 6.07) is 6.34. The number of nitrogens with zero attached hydrogens (tertiary/aromatic N) is 1. The zero-order chi connectivity index (χ0) is 16.1. The third kappa shape index (κ3) is 4.27. The van der Waals surface area contributed by atoms with Gasteiger partial charge in [-0.05, 0) is 26.0 Å². The molecule has 0 radical (unpaired) electrons. The van der Waals surface area contributed by atoms with Gasteiger partial charge in [-0.1, -0.05) is 18.2 Å². The van der Waals surface area contributed by atoms with Crippen molar-refractivity contribution in [3.05, 3.63) is 35.9 Å². The largest absolute Gasteiger partial charge is 0.434 e. The van der Waals surface area contributed by atoms with Gasteiger partial charge in [-0.15, -0.1) is 0 Å². The number of hydrogen-bond donors (Lipinski definition) is 0. The first-order chi connectivity index (χ1) is 10.5. The van der Waals surface area contributed by atoms with Crippen molar-refractivity contribution in [3.8, 4) is 5.75 Å². The van der Waals surface area contributed by atoms with Gasteiger partial charge in [-0.2, -0.15) is 8.78 Å². The molecule has 120 valence electrons. The quantitative estimate of drug-likeness (QED) is 0.803. The second kappa shape index (κ2) is 7.35. The fourth-order valence-electron chi connectivity index (χ4n) is 2.29. The highest BCUT2D eigenvalue weighted by atomic mass is 19.3. The lowest BCUT2D eigenvalue weighted by Gasteiger charge is -2.36. The summed E-state index contributed by atoms with van der Waals surface area (Å²) >= 11 is 0. The van der Waals surface area contributed by atoms with Crippen LogP contribution in [0.1, 0.15) is 19.4 Å². The highest BCUT2D eigenvalue weighted by Crippen LogP contribution is 2.22. The zero-order valence-electron chi connectivity index (χ0n) is 12.5. The Morgan fingerprint density at radius 1 is 1.41 bits per heavy atom. The van der Waals surface area contributed by atoms with E-state index in [2.05, 4.69) is 4.74 Å². The minimum atomic E-state index is -2.90. The summed E-state index contributed by atoms with van der Waals surface area (Å²) < 4.78 is 34.6. The van der Waals surface area contributed by atoms with E-state index in [1.54, 1.807) is 23.1 Å². The lowest BCUT2D eigenvalue weighted by Crippen LogP contribution is -2.49. The van der Waals surface area contributed by atoms with Crippen LogP contribution in [-0.4, -0.2) is 42.7 Å². The molecule has 0 bridgehead atoms. The molecule has 4 nitrogen and oxygen atoms in total. The molecule has 1 aromatic carbocycles. The molecule has 0 saturated carbocycles. The van der Waals surface area contributed by atoms with Crippen molar-refractivity contribution < 1.29 is 23.0 Å². The van der Waals surface area contributed by atoms with Crippen molar-refractivity contribution in [1.82, 2.24) is 4.90 Å². The van der Waals surface area contributed by atoms with Crippen molar-refractivity contribution in [2.75, 3.05) is 13.2 Å². The number of alkyl halides is 2.